The van der Waals surface area contributed by atoms with Crippen LogP contribution in [0.15, 0.2) is 27.6 Å². The lowest BCUT2D eigenvalue weighted by molar-refractivity contribution is 0.138. The quantitative estimate of drug-likeness (QED) is 0.736. The van der Waals surface area contributed by atoms with Crippen LogP contribution in [0.5, 0.6) is 0 Å². The van der Waals surface area contributed by atoms with Crippen molar-refractivity contribution in [3.05, 3.63) is 27.7 Å². The summed E-state index contributed by atoms with van der Waals surface area (Å²) in [6.45, 7) is 3.13. The molecule has 0 aliphatic rings. The largest absolute Gasteiger partial charge is 0.380 e. The predicted octanol–water partition coefficient (Wildman–Crippen LogP) is 2.76. The van der Waals surface area contributed by atoms with E-state index in [0.717, 1.165) is 0 Å². The summed E-state index contributed by atoms with van der Waals surface area (Å²) in [5.41, 5.74) is 0. The van der Waals surface area contributed by atoms with Gasteiger partial charge in [-0.3, -0.25) is 0 Å². The molecule has 1 aromatic carbocycles. The number of nitrogens with zero attached hydrogens (tertiary/aromatic N) is 1. The molecule has 0 fully saturated rings. The zero-order valence-electron chi connectivity index (χ0n) is 10.2. The fraction of sp³-hybridized carbons (Fsp3) is 0.455. The zero-order chi connectivity index (χ0) is 13.8. The normalized spacial score (nSPS) is 12.1. The Morgan fingerprint density at radius 3 is 2.67 bits per heavy atom. The molecule has 102 valence electrons. The Morgan fingerprint density at radius 2 is 2.11 bits per heavy atom. The van der Waals surface area contributed by atoms with Crippen molar-refractivity contribution < 1.29 is 13.2 Å². The second kappa shape index (κ2) is 6.86. The highest BCUT2D eigenvalue weighted by atomic mass is 79.9. The second-order valence-corrected chi connectivity index (χ2v) is 6.91. The number of hydrogen-bond donors (Lipinski definition) is 0. The minimum atomic E-state index is -3.49. The smallest absolute Gasteiger partial charge is 0.242 e. The van der Waals surface area contributed by atoms with Gasteiger partial charge in [0, 0.05) is 24.7 Å². The third-order valence-electron chi connectivity index (χ3n) is 2.35. The average molecular weight is 357 g/mol. The lowest BCUT2D eigenvalue weighted by atomic mass is 10.4. The number of sulfonamides is 1. The average Bonchev–Trinajstić information content (AvgIpc) is 2.32. The van der Waals surface area contributed by atoms with Crippen molar-refractivity contribution in [3.63, 3.8) is 0 Å². The highest BCUT2D eigenvalue weighted by Crippen LogP contribution is 2.26. The number of ether oxygens (including phenoxy) is 1. The first kappa shape index (κ1) is 15.9. The van der Waals surface area contributed by atoms with E-state index in [0.29, 0.717) is 29.3 Å². The van der Waals surface area contributed by atoms with Crippen molar-refractivity contribution in [2.24, 2.45) is 0 Å². The van der Waals surface area contributed by atoms with E-state index in [9.17, 15) is 8.42 Å². The Labute approximate surface area is 121 Å². The zero-order valence-corrected chi connectivity index (χ0v) is 13.3. The number of rotatable bonds is 6. The monoisotopic (exact) mass is 355 g/mol. The number of benzene rings is 1. The molecular formula is C11H15BrClNO3S. The first-order valence-electron chi connectivity index (χ1n) is 5.38. The van der Waals surface area contributed by atoms with Crippen LogP contribution in [0.1, 0.15) is 6.92 Å². The van der Waals surface area contributed by atoms with E-state index in [1.54, 1.807) is 6.07 Å². The summed E-state index contributed by atoms with van der Waals surface area (Å²) in [4.78, 5) is 0.206. The van der Waals surface area contributed by atoms with Crippen LogP contribution < -0.4 is 0 Å². The minimum absolute atomic E-state index is 0.206. The van der Waals surface area contributed by atoms with Crippen LogP contribution >= 0.6 is 27.5 Å². The molecule has 0 N–H and O–H groups in total. The van der Waals surface area contributed by atoms with Gasteiger partial charge in [-0.15, -0.1) is 0 Å². The summed E-state index contributed by atoms with van der Waals surface area (Å²) in [5, 5.41) is 0.478. The topological polar surface area (TPSA) is 46.6 Å². The Balaban J connectivity index is 2.88. The van der Waals surface area contributed by atoms with Gasteiger partial charge in [0.1, 0.15) is 0 Å². The maximum absolute atomic E-state index is 12.2. The molecule has 0 spiro atoms. The van der Waals surface area contributed by atoms with Crippen LogP contribution in [0.4, 0.5) is 0 Å². The molecule has 0 amide bonds. The second-order valence-electron chi connectivity index (χ2n) is 3.60. The van der Waals surface area contributed by atoms with Crippen LogP contribution in [0.3, 0.4) is 0 Å². The standard InChI is InChI=1S/C11H15BrClNO3S/c1-3-17-7-6-14(2)18(15,16)9-4-5-11(13)10(12)8-9/h4-5,8H,3,6-7H2,1-2H3. The fourth-order valence-electron chi connectivity index (χ4n) is 1.27. The molecule has 7 heteroatoms. The van der Waals surface area contributed by atoms with E-state index in [1.165, 1.54) is 23.5 Å². The van der Waals surface area contributed by atoms with E-state index in [2.05, 4.69) is 15.9 Å². The Bertz CT molecular complexity index is 507. The van der Waals surface area contributed by atoms with Crippen molar-refractivity contribution >= 4 is 37.6 Å². The van der Waals surface area contributed by atoms with Gasteiger partial charge in [0.15, 0.2) is 0 Å². The Hall–Kier alpha value is -0.140. The van der Waals surface area contributed by atoms with Crippen molar-refractivity contribution in [1.82, 2.24) is 4.31 Å². The Kier molecular flexibility index (Phi) is 6.07. The molecule has 0 saturated heterocycles. The molecule has 0 unspecified atom stereocenters. The maximum atomic E-state index is 12.2. The molecule has 18 heavy (non-hydrogen) atoms. The summed E-state index contributed by atoms with van der Waals surface area (Å²) >= 11 is 9.05. The van der Waals surface area contributed by atoms with Gasteiger partial charge >= 0.3 is 0 Å². The summed E-state index contributed by atoms with van der Waals surface area (Å²) in [6.07, 6.45) is 0. The SMILES string of the molecule is CCOCCN(C)S(=O)(=O)c1ccc(Cl)c(Br)c1. The number of hydrogen-bond acceptors (Lipinski definition) is 3. The molecule has 0 bridgehead atoms. The van der Waals surface area contributed by atoms with E-state index >= 15 is 0 Å². The first-order valence-corrected chi connectivity index (χ1v) is 7.99. The third kappa shape index (κ3) is 3.93. The number of likely N-dealkylation sites (N-methyl/N-ethyl adjacent to an activating group) is 1. The van der Waals surface area contributed by atoms with Crippen LogP contribution in [0, 0.1) is 0 Å². The molecule has 0 heterocycles. The van der Waals surface area contributed by atoms with Crippen molar-refractivity contribution in [3.8, 4) is 0 Å². The van der Waals surface area contributed by atoms with Gasteiger partial charge in [-0.25, -0.2) is 8.42 Å². The van der Waals surface area contributed by atoms with Gasteiger partial charge < -0.3 is 4.74 Å². The summed E-state index contributed by atoms with van der Waals surface area (Å²) in [7, 11) is -1.97. The maximum Gasteiger partial charge on any atom is 0.242 e. The summed E-state index contributed by atoms with van der Waals surface area (Å²) in [6, 6.07) is 4.53. The van der Waals surface area contributed by atoms with Gasteiger partial charge in [0.05, 0.1) is 16.5 Å². The van der Waals surface area contributed by atoms with Crippen molar-refractivity contribution in [1.29, 1.82) is 0 Å². The number of halogens is 2. The predicted molar refractivity (Wildman–Crippen MR) is 75.5 cm³/mol. The van der Waals surface area contributed by atoms with Crippen LogP contribution in [-0.4, -0.2) is 39.5 Å². The fourth-order valence-corrected chi connectivity index (χ4v) is 3.10. The lowest BCUT2D eigenvalue weighted by Gasteiger charge is -2.17. The first-order chi connectivity index (χ1) is 8.39. The minimum Gasteiger partial charge on any atom is -0.380 e. The van der Waals surface area contributed by atoms with Crippen LogP contribution in [-0.2, 0) is 14.8 Å². The molecule has 0 aliphatic heterocycles. The summed E-state index contributed by atoms with van der Waals surface area (Å²) in [5.74, 6) is 0. The van der Waals surface area contributed by atoms with E-state index in [-0.39, 0.29) is 4.90 Å². The van der Waals surface area contributed by atoms with E-state index in [4.69, 9.17) is 16.3 Å². The molecule has 0 aliphatic carbocycles. The highest BCUT2D eigenvalue weighted by Gasteiger charge is 2.21. The lowest BCUT2D eigenvalue weighted by Crippen LogP contribution is -2.30. The Morgan fingerprint density at radius 1 is 1.44 bits per heavy atom. The third-order valence-corrected chi connectivity index (χ3v) is 5.42. The molecule has 0 aromatic heterocycles. The van der Waals surface area contributed by atoms with Crippen molar-refractivity contribution in [2.45, 2.75) is 11.8 Å². The summed E-state index contributed by atoms with van der Waals surface area (Å²) < 4.78 is 31.4. The molecule has 0 radical (unpaired) electrons. The van der Waals surface area contributed by atoms with Gasteiger partial charge in [0.2, 0.25) is 10.0 Å². The van der Waals surface area contributed by atoms with Crippen LogP contribution in [0.2, 0.25) is 5.02 Å². The molecule has 4 nitrogen and oxygen atoms in total. The van der Waals surface area contributed by atoms with E-state index in [1.807, 2.05) is 6.92 Å². The van der Waals surface area contributed by atoms with Gasteiger partial charge in [-0.2, -0.15) is 4.31 Å². The molecular weight excluding hydrogens is 342 g/mol. The molecule has 1 rings (SSSR count). The molecule has 0 saturated carbocycles. The van der Waals surface area contributed by atoms with E-state index < -0.39 is 10.0 Å². The van der Waals surface area contributed by atoms with Gasteiger partial charge in [-0.1, -0.05) is 11.6 Å². The molecule has 1 aromatic rings. The molecule has 0 atom stereocenters. The van der Waals surface area contributed by atoms with Gasteiger partial charge in [0.25, 0.3) is 0 Å². The highest BCUT2D eigenvalue weighted by molar-refractivity contribution is 9.10. The van der Waals surface area contributed by atoms with Crippen molar-refractivity contribution in [2.75, 3.05) is 26.8 Å². The van der Waals surface area contributed by atoms with Crippen LogP contribution in [0.25, 0.3) is 0 Å². The van der Waals surface area contributed by atoms with Gasteiger partial charge in [-0.05, 0) is 41.1 Å².